The molecule has 0 saturated carbocycles. The van der Waals surface area contributed by atoms with E-state index in [1.54, 1.807) is 12.3 Å². The Kier molecular flexibility index (Phi) is 4.42. The van der Waals surface area contributed by atoms with E-state index in [1.165, 1.54) is 0 Å². The van der Waals surface area contributed by atoms with E-state index in [9.17, 15) is 9.90 Å². The van der Waals surface area contributed by atoms with E-state index < -0.39 is 5.97 Å². The van der Waals surface area contributed by atoms with Gasteiger partial charge in [-0.15, -0.1) is 0 Å². The van der Waals surface area contributed by atoms with Crippen LogP contribution in [0.5, 0.6) is 0 Å². The third-order valence-electron chi connectivity index (χ3n) is 3.41. The number of halogens is 1. The van der Waals surface area contributed by atoms with Gasteiger partial charge in [0.25, 0.3) is 0 Å². The topological polar surface area (TPSA) is 56.7 Å². The van der Waals surface area contributed by atoms with Crippen molar-refractivity contribution in [3.05, 3.63) is 22.3 Å². The van der Waals surface area contributed by atoms with Crippen LogP contribution in [0.25, 0.3) is 0 Å². The Morgan fingerprint density at radius 2 is 2.00 bits per heavy atom. The quantitative estimate of drug-likeness (QED) is 0.921. The van der Waals surface area contributed by atoms with E-state index >= 15 is 0 Å². The van der Waals surface area contributed by atoms with Crippen LogP contribution >= 0.6 is 15.9 Å². The lowest BCUT2D eigenvalue weighted by atomic mass is 10.2. The average Bonchev–Trinajstić information content (AvgIpc) is 2.38. The highest BCUT2D eigenvalue weighted by Crippen LogP contribution is 2.23. The van der Waals surface area contributed by atoms with E-state index in [1.807, 2.05) is 0 Å². The predicted molar refractivity (Wildman–Crippen MR) is 77.8 cm³/mol. The molecule has 1 aromatic rings. The van der Waals surface area contributed by atoms with Crippen molar-refractivity contribution in [2.75, 3.05) is 31.1 Å². The Morgan fingerprint density at radius 3 is 2.53 bits per heavy atom. The van der Waals surface area contributed by atoms with E-state index in [0.717, 1.165) is 26.2 Å². The summed E-state index contributed by atoms with van der Waals surface area (Å²) in [6, 6.07) is 2.14. The second kappa shape index (κ2) is 5.88. The summed E-state index contributed by atoms with van der Waals surface area (Å²) in [7, 11) is 0. The van der Waals surface area contributed by atoms with E-state index in [2.05, 4.69) is 44.6 Å². The SMILES string of the molecule is CC(C)N1CCN(c2ncc(Br)cc2C(=O)O)CC1. The van der Waals surface area contributed by atoms with Crippen molar-refractivity contribution in [2.45, 2.75) is 19.9 Å². The number of carboxylic acids is 1. The lowest BCUT2D eigenvalue weighted by Gasteiger charge is -2.37. The molecule has 1 aliphatic rings. The summed E-state index contributed by atoms with van der Waals surface area (Å²) >= 11 is 3.26. The first-order valence-electron chi connectivity index (χ1n) is 6.37. The van der Waals surface area contributed by atoms with Gasteiger partial charge in [0.15, 0.2) is 0 Å². The number of nitrogens with zero attached hydrogens (tertiary/aromatic N) is 3. The van der Waals surface area contributed by atoms with Gasteiger partial charge in [-0.3, -0.25) is 4.90 Å². The van der Waals surface area contributed by atoms with Gasteiger partial charge in [-0.25, -0.2) is 9.78 Å². The second-order valence-corrected chi connectivity index (χ2v) is 5.86. The van der Waals surface area contributed by atoms with E-state index in [4.69, 9.17) is 0 Å². The van der Waals surface area contributed by atoms with Crippen LogP contribution in [0.1, 0.15) is 24.2 Å². The highest BCUT2D eigenvalue weighted by Gasteiger charge is 2.23. The molecule has 2 heterocycles. The zero-order valence-corrected chi connectivity index (χ0v) is 12.7. The van der Waals surface area contributed by atoms with Crippen molar-refractivity contribution in [3.63, 3.8) is 0 Å². The molecule has 1 aromatic heterocycles. The fourth-order valence-corrected chi connectivity index (χ4v) is 2.62. The van der Waals surface area contributed by atoms with Crippen LogP contribution in [0.15, 0.2) is 16.7 Å². The summed E-state index contributed by atoms with van der Waals surface area (Å²) in [6.45, 7) is 7.86. The average molecular weight is 328 g/mol. The van der Waals surface area contributed by atoms with Crippen molar-refractivity contribution in [1.29, 1.82) is 0 Å². The molecule has 5 nitrogen and oxygen atoms in total. The zero-order valence-electron chi connectivity index (χ0n) is 11.1. The number of piperazine rings is 1. The predicted octanol–water partition coefficient (Wildman–Crippen LogP) is 2.07. The largest absolute Gasteiger partial charge is 0.478 e. The van der Waals surface area contributed by atoms with Gasteiger partial charge in [0.2, 0.25) is 0 Å². The number of hydrogen-bond donors (Lipinski definition) is 1. The fraction of sp³-hybridized carbons (Fsp3) is 0.538. The number of carbonyl (C=O) groups is 1. The number of aromatic carboxylic acids is 1. The van der Waals surface area contributed by atoms with Gasteiger partial charge in [0.05, 0.1) is 0 Å². The minimum atomic E-state index is -0.935. The lowest BCUT2D eigenvalue weighted by molar-refractivity contribution is 0.0696. The molecule has 6 heteroatoms. The zero-order chi connectivity index (χ0) is 14.0. The number of hydrogen-bond acceptors (Lipinski definition) is 4. The summed E-state index contributed by atoms with van der Waals surface area (Å²) in [4.78, 5) is 20.0. The standard InChI is InChI=1S/C13H18BrN3O2/c1-9(2)16-3-5-17(6-4-16)12-11(13(18)19)7-10(14)8-15-12/h7-9H,3-6H2,1-2H3,(H,18,19). The second-order valence-electron chi connectivity index (χ2n) is 4.95. The molecular formula is C13H18BrN3O2. The van der Waals surface area contributed by atoms with Crippen LogP contribution in [0.4, 0.5) is 5.82 Å². The summed E-state index contributed by atoms with van der Waals surface area (Å²) in [5.74, 6) is -0.366. The maximum Gasteiger partial charge on any atom is 0.339 e. The Hall–Kier alpha value is -1.14. The maximum absolute atomic E-state index is 11.3. The number of anilines is 1. The first-order chi connectivity index (χ1) is 8.99. The van der Waals surface area contributed by atoms with Crippen molar-refractivity contribution in [2.24, 2.45) is 0 Å². The molecule has 0 radical (unpaired) electrons. The molecule has 19 heavy (non-hydrogen) atoms. The Bertz CT molecular complexity index is 471. The number of rotatable bonds is 3. The molecule has 0 bridgehead atoms. The van der Waals surface area contributed by atoms with Crippen LogP contribution in [0.2, 0.25) is 0 Å². The molecule has 0 aromatic carbocycles. The lowest BCUT2D eigenvalue weighted by Crippen LogP contribution is -2.49. The van der Waals surface area contributed by atoms with Gasteiger partial charge in [-0.1, -0.05) is 0 Å². The molecule has 1 N–H and O–H groups in total. The Morgan fingerprint density at radius 1 is 1.37 bits per heavy atom. The minimum Gasteiger partial charge on any atom is -0.478 e. The molecule has 0 unspecified atom stereocenters. The molecule has 1 aliphatic heterocycles. The normalized spacial score (nSPS) is 16.9. The summed E-state index contributed by atoms with van der Waals surface area (Å²) in [5, 5.41) is 9.26. The van der Waals surface area contributed by atoms with Gasteiger partial charge in [-0.2, -0.15) is 0 Å². The van der Waals surface area contributed by atoms with Crippen LogP contribution in [0.3, 0.4) is 0 Å². The number of pyridine rings is 1. The van der Waals surface area contributed by atoms with Crippen molar-refractivity contribution in [1.82, 2.24) is 9.88 Å². The van der Waals surface area contributed by atoms with Gasteiger partial charge >= 0.3 is 5.97 Å². The van der Waals surface area contributed by atoms with Crippen molar-refractivity contribution >= 4 is 27.7 Å². The van der Waals surface area contributed by atoms with Crippen LogP contribution < -0.4 is 4.90 Å². The van der Waals surface area contributed by atoms with Crippen molar-refractivity contribution < 1.29 is 9.90 Å². The van der Waals surface area contributed by atoms with Crippen LogP contribution in [0, 0.1) is 0 Å². The first-order valence-corrected chi connectivity index (χ1v) is 7.16. The van der Waals surface area contributed by atoms with Crippen LogP contribution in [-0.4, -0.2) is 53.2 Å². The molecule has 1 saturated heterocycles. The van der Waals surface area contributed by atoms with E-state index in [0.29, 0.717) is 16.3 Å². The summed E-state index contributed by atoms with van der Waals surface area (Å²) in [5.41, 5.74) is 0.257. The highest BCUT2D eigenvalue weighted by molar-refractivity contribution is 9.10. The molecule has 0 atom stereocenters. The smallest absolute Gasteiger partial charge is 0.339 e. The van der Waals surface area contributed by atoms with Gasteiger partial charge in [-0.05, 0) is 35.8 Å². The van der Waals surface area contributed by atoms with Crippen LogP contribution in [-0.2, 0) is 0 Å². The molecule has 1 fully saturated rings. The monoisotopic (exact) mass is 327 g/mol. The highest BCUT2D eigenvalue weighted by atomic mass is 79.9. The number of carboxylic acid groups (broad SMARTS) is 1. The number of aromatic nitrogens is 1. The molecule has 0 amide bonds. The maximum atomic E-state index is 11.3. The summed E-state index contributed by atoms with van der Waals surface area (Å²) in [6.07, 6.45) is 1.65. The Labute approximate surface area is 121 Å². The molecule has 104 valence electrons. The first kappa shape index (κ1) is 14.3. The van der Waals surface area contributed by atoms with Gasteiger partial charge in [0, 0.05) is 42.9 Å². The molecule has 0 aliphatic carbocycles. The molecular weight excluding hydrogens is 310 g/mol. The molecule has 2 rings (SSSR count). The summed E-state index contributed by atoms with van der Waals surface area (Å²) < 4.78 is 0.689. The van der Waals surface area contributed by atoms with Crippen molar-refractivity contribution in [3.8, 4) is 0 Å². The van der Waals surface area contributed by atoms with Gasteiger partial charge < -0.3 is 10.0 Å². The minimum absolute atomic E-state index is 0.257. The third-order valence-corrected chi connectivity index (χ3v) is 3.84. The Balaban J connectivity index is 2.17. The molecule has 0 spiro atoms. The fourth-order valence-electron chi connectivity index (χ4n) is 2.29. The van der Waals surface area contributed by atoms with E-state index in [-0.39, 0.29) is 5.56 Å². The van der Waals surface area contributed by atoms with Gasteiger partial charge in [0.1, 0.15) is 11.4 Å². The third kappa shape index (κ3) is 3.25.